The highest BCUT2D eigenvalue weighted by Crippen LogP contribution is 2.22. The van der Waals surface area contributed by atoms with Crippen LogP contribution in [0.15, 0.2) is 48.5 Å². The van der Waals surface area contributed by atoms with Crippen LogP contribution < -0.4 is 5.32 Å². The van der Waals surface area contributed by atoms with Crippen molar-refractivity contribution in [3.05, 3.63) is 69.7 Å². The lowest BCUT2D eigenvalue weighted by atomic mass is 10.0. The Morgan fingerprint density at radius 3 is 2.32 bits per heavy atom. The molecule has 0 aromatic heterocycles. The highest BCUT2D eigenvalue weighted by atomic mass is 35.5. The third kappa shape index (κ3) is 5.76. The lowest BCUT2D eigenvalue weighted by Gasteiger charge is -2.23. The van der Waals surface area contributed by atoms with Crippen molar-refractivity contribution < 1.29 is 9.59 Å². The average molecular weight is 379 g/mol. The fourth-order valence-corrected chi connectivity index (χ4v) is 2.81. The predicted molar refractivity (Wildman–Crippen MR) is 101 cm³/mol. The molecule has 0 saturated carbocycles. The van der Waals surface area contributed by atoms with Crippen molar-refractivity contribution in [3.63, 3.8) is 0 Å². The number of amides is 2. The first-order valence-electron chi connectivity index (χ1n) is 7.86. The third-order valence-electron chi connectivity index (χ3n) is 3.82. The van der Waals surface area contributed by atoms with E-state index in [-0.39, 0.29) is 18.2 Å². The van der Waals surface area contributed by atoms with E-state index in [1.54, 1.807) is 30.1 Å². The van der Waals surface area contributed by atoms with Gasteiger partial charge in [-0.25, -0.2) is 0 Å². The van der Waals surface area contributed by atoms with Crippen LogP contribution in [0.25, 0.3) is 0 Å². The number of rotatable bonds is 6. The van der Waals surface area contributed by atoms with E-state index in [2.05, 4.69) is 5.32 Å². The molecule has 132 valence electrons. The van der Waals surface area contributed by atoms with E-state index in [1.165, 1.54) is 6.92 Å². The fourth-order valence-electron chi connectivity index (χ4n) is 2.49. The normalized spacial score (nSPS) is 11.7. The summed E-state index contributed by atoms with van der Waals surface area (Å²) in [7, 11) is 1.72. The molecule has 0 radical (unpaired) electrons. The van der Waals surface area contributed by atoms with Gasteiger partial charge in [0.25, 0.3) is 0 Å². The van der Waals surface area contributed by atoms with Gasteiger partial charge in [0, 0.05) is 30.6 Å². The number of halogens is 2. The molecule has 2 aromatic carbocycles. The SMILES string of the molecule is CC(=O)NC(CC(=O)N(C)Cc1ccccc1Cl)c1ccc(Cl)cc1. The molecule has 0 aliphatic rings. The number of nitrogens with zero attached hydrogens (tertiary/aromatic N) is 1. The summed E-state index contributed by atoms with van der Waals surface area (Å²) >= 11 is 12.1. The van der Waals surface area contributed by atoms with Gasteiger partial charge >= 0.3 is 0 Å². The molecule has 6 heteroatoms. The Hall–Kier alpha value is -2.04. The summed E-state index contributed by atoms with van der Waals surface area (Å²) in [4.78, 5) is 25.7. The molecule has 1 atom stereocenters. The second kappa shape index (κ2) is 8.88. The summed E-state index contributed by atoms with van der Waals surface area (Å²) in [6, 6.07) is 14.1. The van der Waals surface area contributed by atoms with Crippen LogP contribution in [0.2, 0.25) is 10.0 Å². The zero-order chi connectivity index (χ0) is 18.4. The number of hydrogen-bond acceptors (Lipinski definition) is 2. The molecular formula is C19H20Cl2N2O2. The Kier molecular flexibility index (Phi) is 6.85. The van der Waals surface area contributed by atoms with Crippen molar-refractivity contribution >= 4 is 35.0 Å². The van der Waals surface area contributed by atoms with Crippen LogP contribution in [0, 0.1) is 0 Å². The minimum Gasteiger partial charge on any atom is -0.349 e. The molecule has 1 N–H and O–H groups in total. The van der Waals surface area contributed by atoms with Crippen molar-refractivity contribution in [1.82, 2.24) is 10.2 Å². The van der Waals surface area contributed by atoms with Gasteiger partial charge in [-0.15, -0.1) is 0 Å². The van der Waals surface area contributed by atoms with Gasteiger partial charge in [-0.05, 0) is 29.3 Å². The maximum Gasteiger partial charge on any atom is 0.225 e. The van der Waals surface area contributed by atoms with Crippen molar-refractivity contribution in [2.75, 3.05) is 7.05 Å². The molecule has 0 fully saturated rings. The van der Waals surface area contributed by atoms with Gasteiger partial charge < -0.3 is 10.2 Å². The van der Waals surface area contributed by atoms with Crippen molar-refractivity contribution in [3.8, 4) is 0 Å². The maximum atomic E-state index is 12.6. The van der Waals surface area contributed by atoms with Crippen LogP contribution in [0.5, 0.6) is 0 Å². The molecule has 1 unspecified atom stereocenters. The molecule has 2 aromatic rings. The Morgan fingerprint density at radius 2 is 1.72 bits per heavy atom. The van der Waals surface area contributed by atoms with Gasteiger partial charge in [0.1, 0.15) is 0 Å². The van der Waals surface area contributed by atoms with Crippen LogP contribution in [-0.2, 0) is 16.1 Å². The summed E-state index contributed by atoms with van der Waals surface area (Å²) in [5.74, 6) is -0.282. The van der Waals surface area contributed by atoms with Crippen LogP contribution in [0.1, 0.15) is 30.5 Å². The Bertz CT molecular complexity index is 747. The van der Waals surface area contributed by atoms with Gasteiger partial charge in [-0.1, -0.05) is 53.5 Å². The van der Waals surface area contributed by atoms with E-state index in [0.717, 1.165) is 11.1 Å². The van der Waals surface area contributed by atoms with Gasteiger partial charge in [-0.2, -0.15) is 0 Å². The number of hydrogen-bond donors (Lipinski definition) is 1. The summed E-state index contributed by atoms with van der Waals surface area (Å²) < 4.78 is 0. The first kappa shape index (κ1) is 19.3. The maximum absolute atomic E-state index is 12.6. The number of nitrogens with one attached hydrogen (secondary N) is 1. The molecule has 0 heterocycles. The largest absolute Gasteiger partial charge is 0.349 e. The first-order chi connectivity index (χ1) is 11.9. The Balaban J connectivity index is 2.09. The second-order valence-corrected chi connectivity index (χ2v) is 6.69. The van der Waals surface area contributed by atoms with Crippen molar-refractivity contribution in [1.29, 1.82) is 0 Å². The van der Waals surface area contributed by atoms with E-state index < -0.39 is 6.04 Å². The highest BCUT2D eigenvalue weighted by molar-refractivity contribution is 6.31. The zero-order valence-corrected chi connectivity index (χ0v) is 15.6. The molecule has 0 aliphatic carbocycles. The van der Waals surface area contributed by atoms with E-state index in [1.807, 2.05) is 30.3 Å². The van der Waals surface area contributed by atoms with Gasteiger partial charge in [-0.3, -0.25) is 9.59 Å². The molecule has 2 amide bonds. The number of carbonyl (C=O) groups excluding carboxylic acids is 2. The topological polar surface area (TPSA) is 49.4 Å². The summed E-state index contributed by atoms with van der Waals surface area (Å²) in [6.07, 6.45) is 0.155. The number of benzene rings is 2. The summed E-state index contributed by atoms with van der Waals surface area (Å²) in [6.45, 7) is 1.84. The van der Waals surface area contributed by atoms with Crippen molar-refractivity contribution in [2.24, 2.45) is 0 Å². The monoisotopic (exact) mass is 378 g/mol. The minimum absolute atomic E-state index is 0.0892. The van der Waals surface area contributed by atoms with E-state index >= 15 is 0 Å². The highest BCUT2D eigenvalue weighted by Gasteiger charge is 2.20. The molecular weight excluding hydrogens is 359 g/mol. The molecule has 0 bridgehead atoms. The molecule has 0 spiro atoms. The fraction of sp³-hybridized carbons (Fsp3) is 0.263. The molecule has 2 rings (SSSR count). The van der Waals surface area contributed by atoms with Crippen LogP contribution >= 0.6 is 23.2 Å². The second-order valence-electron chi connectivity index (χ2n) is 5.85. The number of carbonyl (C=O) groups is 2. The quantitative estimate of drug-likeness (QED) is 0.817. The van der Waals surface area contributed by atoms with Crippen LogP contribution in [0.4, 0.5) is 0 Å². The summed E-state index contributed by atoms with van der Waals surface area (Å²) in [5, 5.41) is 4.05. The average Bonchev–Trinajstić information content (AvgIpc) is 2.56. The van der Waals surface area contributed by atoms with Gasteiger partial charge in [0.2, 0.25) is 11.8 Å². The van der Waals surface area contributed by atoms with Crippen LogP contribution in [0.3, 0.4) is 0 Å². The smallest absolute Gasteiger partial charge is 0.225 e. The lowest BCUT2D eigenvalue weighted by molar-refractivity contribution is -0.131. The molecule has 25 heavy (non-hydrogen) atoms. The van der Waals surface area contributed by atoms with Crippen LogP contribution in [-0.4, -0.2) is 23.8 Å². The molecule has 4 nitrogen and oxygen atoms in total. The predicted octanol–water partition coefficient (Wildman–Crippen LogP) is 4.22. The summed E-state index contributed by atoms with van der Waals surface area (Å²) in [5.41, 5.74) is 1.71. The minimum atomic E-state index is -0.407. The van der Waals surface area contributed by atoms with E-state index in [0.29, 0.717) is 16.6 Å². The standard InChI is InChI=1S/C19H20Cl2N2O2/c1-13(24)22-18(14-7-9-16(20)10-8-14)11-19(25)23(2)12-15-5-3-4-6-17(15)21/h3-10,18H,11-12H2,1-2H3,(H,22,24). The Labute approximate surface area is 157 Å². The van der Waals surface area contributed by atoms with E-state index in [4.69, 9.17) is 23.2 Å². The van der Waals surface area contributed by atoms with E-state index in [9.17, 15) is 9.59 Å². The molecule has 0 saturated heterocycles. The van der Waals surface area contributed by atoms with Gasteiger partial charge in [0.05, 0.1) is 12.5 Å². The van der Waals surface area contributed by atoms with Gasteiger partial charge in [0.15, 0.2) is 0 Å². The lowest BCUT2D eigenvalue weighted by Crippen LogP contribution is -2.33. The van der Waals surface area contributed by atoms with Crippen molar-refractivity contribution in [2.45, 2.75) is 25.9 Å². The Morgan fingerprint density at radius 1 is 1.08 bits per heavy atom. The third-order valence-corrected chi connectivity index (χ3v) is 4.44. The first-order valence-corrected chi connectivity index (χ1v) is 8.62. The molecule has 0 aliphatic heterocycles. The zero-order valence-electron chi connectivity index (χ0n) is 14.1.